The van der Waals surface area contributed by atoms with E-state index in [1.165, 1.54) is 28.6 Å². The molecule has 3 heterocycles. The predicted octanol–water partition coefficient (Wildman–Crippen LogP) is 1.84. The number of carbonyl (C=O) groups is 1. The van der Waals surface area contributed by atoms with Gasteiger partial charge in [0, 0.05) is 31.7 Å². The second-order valence-electron chi connectivity index (χ2n) is 7.35. The number of ether oxygens (including phenoxy) is 2. The minimum atomic E-state index is -3.70. The Morgan fingerprint density at radius 3 is 2.73 bits per heavy atom. The zero-order valence-corrected chi connectivity index (χ0v) is 19.2. The van der Waals surface area contributed by atoms with Crippen molar-refractivity contribution < 1.29 is 31.9 Å². The van der Waals surface area contributed by atoms with Crippen LogP contribution in [0, 0.1) is 5.13 Å². The molecule has 0 radical (unpaired) electrons. The lowest BCUT2D eigenvalue weighted by molar-refractivity contribution is -0.110. The largest absolute Gasteiger partial charge is 0.389 e. The number of oxime groups is 1. The fourth-order valence-electron chi connectivity index (χ4n) is 3.31. The fourth-order valence-corrected chi connectivity index (χ4v) is 5.32. The highest BCUT2D eigenvalue weighted by Crippen LogP contribution is 2.20. The van der Waals surface area contributed by atoms with Gasteiger partial charge in [0.2, 0.25) is 10.0 Å². The summed E-state index contributed by atoms with van der Waals surface area (Å²) in [7, 11) is -3.70. The molecular formula is C20H23FN4O6S2. The number of benzene rings is 1. The molecule has 1 aromatic heterocycles. The van der Waals surface area contributed by atoms with Crippen LogP contribution in [0.15, 0.2) is 40.5 Å². The molecule has 1 amide bonds. The van der Waals surface area contributed by atoms with Crippen LogP contribution in [0.25, 0.3) is 0 Å². The van der Waals surface area contributed by atoms with Crippen molar-refractivity contribution in [3.05, 3.63) is 41.2 Å². The Balaban J connectivity index is 1.56. The first-order valence-corrected chi connectivity index (χ1v) is 12.6. The molecule has 2 fully saturated rings. The summed E-state index contributed by atoms with van der Waals surface area (Å²) in [6.07, 6.45) is 1.95. The van der Waals surface area contributed by atoms with Crippen LogP contribution in [-0.2, 0) is 29.1 Å². The second-order valence-corrected chi connectivity index (χ2v) is 10.3. The Morgan fingerprint density at radius 1 is 1.21 bits per heavy atom. The van der Waals surface area contributed by atoms with Crippen LogP contribution in [0.1, 0.15) is 18.4 Å². The van der Waals surface area contributed by atoms with Gasteiger partial charge in [0.05, 0.1) is 30.9 Å². The average molecular weight is 499 g/mol. The average Bonchev–Trinajstić information content (AvgIpc) is 3.38. The van der Waals surface area contributed by atoms with E-state index in [0.29, 0.717) is 62.7 Å². The van der Waals surface area contributed by atoms with Crippen molar-refractivity contribution in [1.82, 2.24) is 9.29 Å². The van der Waals surface area contributed by atoms with Gasteiger partial charge in [-0.15, -0.1) is 0 Å². The van der Waals surface area contributed by atoms with Gasteiger partial charge in [-0.25, -0.2) is 13.4 Å². The lowest BCUT2D eigenvalue weighted by atomic mass is 10.1. The topological polar surface area (TPSA) is 119 Å². The van der Waals surface area contributed by atoms with Crippen molar-refractivity contribution in [1.29, 1.82) is 0 Å². The minimum Gasteiger partial charge on any atom is -0.389 e. The molecule has 4 rings (SSSR count). The van der Waals surface area contributed by atoms with E-state index >= 15 is 0 Å². The van der Waals surface area contributed by atoms with Crippen LogP contribution in [0.5, 0.6) is 0 Å². The summed E-state index contributed by atoms with van der Waals surface area (Å²) >= 11 is 0.675. The molecule has 1 N–H and O–H groups in total. The minimum absolute atomic E-state index is 0.0666. The molecule has 0 aliphatic carbocycles. The third kappa shape index (κ3) is 5.92. The summed E-state index contributed by atoms with van der Waals surface area (Å²) in [5.74, 6) is -0.663. The van der Waals surface area contributed by atoms with E-state index in [1.807, 2.05) is 0 Å². The second kappa shape index (κ2) is 10.7. The number of amides is 1. The van der Waals surface area contributed by atoms with Gasteiger partial charge in [-0.2, -0.15) is 8.70 Å². The van der Waals surface area contributed by atoms with Crippen molar-refractivity contribution in [3.63, 3.8) is 0 Å². The Morgan fingerprint density at radius 2 is 2.03 bits per heavy atom. The van der Waals surface area contributed by atoms with Gasteiger partial charge in [0.25, 0.3) is 5.91 Å². The molecule has 2 aliphatic rings. The number of hydrogen-bond acceptors (Lipinski definition) is 9. The van der Waals surface area contributed by atoms with Crippen LogP contribution >= 0.6 is 11.3 Å². The van der Waals surface area contributed by atoms with E-state index in [-0.39, 0.29) is 28.4 Å². The van der Waals surface area contributed by atoms with Gasteiger partial charge >= 0.3 is 0 Å². The SMILES string of the molecule is O=C(Nc1ncc(F)s1)C(=NO[C@@H]1CCOC1)c1ccc(S(=O)(=O)N2CCCOCC2)cc1. The van der Waals surface area contributed by atoms with Crippen molar-refractivity contribution in [3.8, 4) is 0 Å². The molecule has 10 nitrogen and oxygen atoms in total. The van der Waals surface area contributed by atoms with E-state index in [2.05, 4.69) is 15.5 Å². The van der Waals surface area contributed by atoms with Crippen LogP contribution < -0.4 is 5.32 Å². The summed E-state index contributed by atoms with van der Waals surface area (Å²) in [4.78, 5) is 22.2. The van der Waals surface area contributed by atoms with Crippen LogP contribution in [0.2, 0.25) is 0 Å². The molecule has 0 bridgehead atoms. The number of aromatic nitrogens is 1. The molecule has 2 aromatic rings. The molecule has 0 saturated carbocycles. The van der Waals surface area contributed by atoms with E-state index in [0.717, 1.165) is 6.20 Å². The van der Waals surface area contributed by atoms with Crippen molar-refractivity contribution >= 4 is 38.1 Å². The number of rotatable bonds is 7. The number of hydrogen-bond donors (Lipinski definition) is 1. The van der Waals surface area contributed by atoms with Gasteiger partial charge < -0.3 is 14.3 Å². The van der Waals surface area contributed by atoms with Gasteiger partial charge in [0.15, 0.2) is 22.1 Å². The third-order valence-electron chi connectivity index (χ3n) is 5.04. The standard InChI is InChI=1S/C20H23FN4O6S2/c21-17-12-22-20(32-17)23-19(26)18(24-31-15-6-10-30-13-15)14-2-4-16(5-3-14)33(27,28)25-7-1-9-29-11-8-25/h2-5,12,15H,1,6-11,13H2,(H,22,23,26)/t15-/m1/s1. The molecular weight excluding hydrogens is 475 g/mol. The molecule has 33 heavy (non-hydrogen) atoms. The van der Waals surface area contributed by atoms with Crippen molar-refractivity contribution in [2.24, 2.45) is 5.16 Å². The summed E-state index contributed by atoms with van der Waals surface area (Å²) in [6, 6.07) is 5.80. The van der Waals surface area contributed by atoms with Gasteiger partial charge in [0.1, 0.15) is 0 Å². The number of anilines is 1. The van der Waals surface area contributed by atoms with E-state index in [9.17, 15) is 17.6 Å². The normalized spacial score (nSPS) is 20.4. The summed E-state index contributed by atoms with van der Waals surface area (Å²) in [5.41, 5.74) is 0.242. The molecule has 0 spiro atoms. The molecule has 1 atom stereocenters. The monoisotopic (exact) mass is 498 g/mol. The van der Waals surface area contributed by atoms with Crippen LogP contribution in [0.3, 0.4) is 0 Å². The maximum atomic E-state index is 13.3. The zero-order valence-electron chi connectivity index (χ0n) is 17.6. The summed E-state index contributed by atoms with van der Waals surface area (Å²) in [5, 5.41) is 6.01. The number of carbonyl (C=O) groups excluding carboxylic acids is 1. The quantitative estimate of drug-likeness (QED) is 0.457. The summed E-state index contributed by atoms with van der Waals surface area (Å²) < 4.78 is 51.2. The van der Waals surface area contributed by atoms with Crippen LogP contribution in [-0.4, -0.2) is 74.9 Å². The number of halogens is 1. The first-order chi connectivity index (χ1) is 15.9. The number of nitrogens with one attached hydrogen (secondary N) is 1. The Hall–Kier alpha value is -2.45. The van der Waals surface area contributed by atoms with Gasteiger partial charge in [-0.3, -0.25) is 10.1 Å². The van der Waals surface area contributed by atoms with Gasteiger partial charge in [-0.1, -0.05) is 28.6 Å². The fraction of sp³-hybridized carbons (Fsp3) is 0.450. The third-order valence-corrected chi connectivity index (χ3v) is 7.65. The van der Waals surface area contributed by atoms with Crippen molar-refractivity contribution in [2.45, 2.75) is 23.8 Å². The lowest BCUT2D eigenvalue weighted by Gasteiger charge is -2.19. The molecule has 178 valence electrons. The molecule has 2 saturated heterocycles. The van der Waals surface area contributed by atoms with E-state index in [1.54, 1.807) is 0 Å². The molecule has 0 unspecified atom stereocenters. The Bertz CT molecular complexity index is 1090. The lowest BCUT2D eigenvalue weighted by Crippen LogP contribution is -2.33. The maximum absolute atomic E-state index is 13.3. The summed E-state index contributed by atoms with van der Waals surface area (Å²) in [6.45, 7) is 2.41. The van der Waals surface area contributed by atoms with Gasteiger partial charge in [-0.05, 0) is 18.6 Å². The first kappa shape index (κ1) is 23.7. The van der Waals surface area contributed by atoms with Crippen LogP contribution in [0.4, 0.5) is 9.52 Å². The number of sulfonamides is 1. The predicted molar refractivity (Wildman–Crippen MR) is 118 cm³/mol. The highest BCUT2D eigenvalue weighted by Gasteiger charge is 2.26. The number of thiazole rings is 1. The van der Waals surface area contributed by atoms with E-state index in [4.69, 9.17) is 14.3 Å². The highest BCUT2D eigenvalue weighted by molar-refractivity contribution is 7.89. The number of nitrogens with zero attached hydrogens (tertiary/aromatic N) is 3. The zero-order chi connectivity index (χ0) is 23.3. The first-order valence-electron chi connectivity index (χ1n) is 10.4. The highest BCUT2D eigenvalue weighted by atomic mass is 32.2. The Kier molecular flexibility index (Phi) is 7.65. The van der Waals surface area contributed by atoms with Crippen molar-refractivity contribution in [2.75, 3.05) is 44.8 Å². The Labute approximate surface area is 194 Å². The molecule has 1 aromatic carbocycles. The van der Waals surface area contributed by atoms with E-state index < -0.39 is 21.1 Å². The smallest absolute Gasteiger partial charge is 0.280 e. The molecule has 2 aliphatic heterocycles. The molecule has 13 heteroatoms. The maximum Gasteiger partial charge on any atom is 0.280 e.